The molecule has 0 aliphatic carbocycles. The molecule has 2 aromatic heterocycles. The number of hydrogen-bond acceptors (Lipinski definition) is 5. The van der Waals surface area contributed by atoms with Crippen LogP contribution in [0.5, 0.6) is 11.5 Å². The van der Waals surface area contributed by atoms with Crippen LogP contribution < -0.4 is 9.47 Å². The van der Waals surface area contributed by atoms with E-state index in [1.165, 1.54) is 19.2 Å². The highest BCUT2D eigenvalue weighted by Gasteiger charge is 2.21. The molecule has 0 amide bonds. The van der Waals surface area contributed by atoms with Crippen molar-refractivity contribution in [3.63, 3.8) is 0 Å². The van der Waals surface area contributed by atoms with E-state index in [9.17, 15) is 9.18 Å². The number of aromatic nitrogens is 4. The zero-order valence-electron chi connectivity index (χ0n) is 14.1. The van der Waals surface area contributed by atoms with E-state index in [-0.39, 0.29) is 17.1 Å². The van der Waals surface area contributed by atoms with Gasteiger partial charge in [0.25, 0.3) is 0 Å². The lowest BCUT2D eigenvalue weighted by molar-refractivity contribution is 0.0735. The fourth-order valence-electron chi connectivity index (χ4n) is 2.36. The van der Waals surface area contributed by atoms with Gasteiger partial charge in [-0.05, 0) is 19.1 Å². The molecule has 0 aliphatic heterocycles. The topological polar surface area (TPSA) is 71.2 Å². The summed E-state index contributed by atoms with van der Waals surface area (Å²) in [6.45, 7) is 2.51. The fourth-order valence-corrected chi connectivity index (χ4v) is 2.36. The Labute approximate surface area is 143 Å². The Hall–Kier alpha value is -3.16. The number of halogens is 1. The number of aryl methyl sites for hydroxylation is 2. The second-order valence-corrected chi connectivity index (χ2v) is 5.34. The zero-order chi connectivity index (χ0) is 18.0. The molecule has 3 rings (SSSR count). The summed E-state index contributed by atoms with van der Waals surface area (Å²) >= 11 is 0. The van der Waals surface area contributed by atoms with Gasteiger partial charge in [0.1, 0.15) is 17.0 Å². The first kappa shape index (κ1) is 16.7. The summed E-state index contributed by atoms with van der Waals surface area (Å²) < 4.78 is 27.2. The van der Waals surface area contributed by atoms with Crippen molar-refractivity contribution in [3.05, 3.63) is 48.2 Å². The normalized spacial score (nSPS) is 10.7. The van der Waals surface area contributed by atoms with Crippen LogP contribution in [0.1, 0.15) is 17.3 Å². The van der Waals surface area contributed by atoms with Crippen LogP contribution in [0.25, 0.3) is 11.3 Å². The number of hydrogen-bond donors (Lipinski definition) is 0. The Morgan fingerprint density at radius 2 is 2.12 bits per heavy atom. The van der Waals surface area contributed by atoms with Gasteiger partial charge in [-0.1, -0.05) is 0 Å². The van der Waals surface area contributed by atoms with Crippen LogP contribution >= 0.6 is 0 Å². The first-order valence-corrected chi connectivity index (χ1v) is 7.64. The molecule has 2 heterocycles. The summed E-state index contributed by atoms with van der Waals surface area (Å²) in [7, 11) is 3.14. The number of methoxy groups -OCH3 is 1. The second kappa shape index (κ2) is 6.76. The lowest BCUT2D eigenvalue weighted by Crippen LogP contribution is -2.09. The Morgan fingerprint density at radius 1 is 1.32 bits per heavy atom. The first-order chi connectivity index (χ1) is 12.0. The molecule has 0 unspecified atom stereocenters. The monoisotopic (exact) mass is 344 g/mol. The van der Waals surface area contributed by atoms with E-state index in [1.54, 1.807) is 35.0 Å². The lowest BCUT2D eigenvalue weighted by Gasteiger charge is -2.06. The van der Waals surface area contributed by atoms with Crippen molar-refractivity contribution < 1.29 is 18.7 Å². The highest BCUT2D eigenvalue weighted by Crippen LogP contribution is 2.26. The van der Waals surface area contributed by atoms with Crippen LogP contribution in [0.2, 0.25) is 0 Å². The van der Waals surface area contributed by atoms with E-state index in [0.29, 0.717) is 17.8 Å². The van der Waals surface area contributed by atoms with Crippen molar-refractivity contribution in [1.82, 2.24) is 19.6 Å². The molecule has 0 radical (unpaired) electrons. The minimum Gasteiger partial charge on any atom is -0.494 e. The van der Waals surface area contributed by atoms with Crippen LogP contribution in [0.3, 0.4) is 0 Å². The molecule has 1 aromatic carbocycles. The molecule has 7 nitrogen and oxygen atoms in total. The van der Waals surface area contributed by atoms with Crippen molar-refractivity contribution in [2.45, 2.75) is 13.5 Å². The summed E-state index contributed by atoms with van der Waals surface area (Å²) in [6.07, 6.45) is 4.98. The van der Waals surface area contributed by atoms with Crippen LogP contribution in [-0.4, -0.2) is 32.6 Å². The van der Waals surface area contributed by atoms with E-state index >= 15 is 0 Å². The molecule has 3 aromatic rings. The third kappa shape index (κ3) is 3.37. The SMILES string of the molecule is CCn1cc(C(=O)Oc2ccc(OC)c(F)c2)c(-c2cnn(C)c2)n1. The Balaban J connectivity index is 1.91. The predicted molar refractivity (Wildman–Crippen MR) is 88.0 cm³/mol. The highest BCUT2D eigenvalue weighted by molar-refractivity contribution is 5.97. The van der Waals surface area contributed by atoms with Crippen molar-refractivity contribution in [2.75, 3.05) is 7.11 Å². The molecule has 0 saturated heterocycles. The van der Waals surface area contributed by atoms with Gasteiger partial charge in [0.05, 0.1) is 13.3 Å². The molecule has 0 atom stereocenters. The molecule has 0 N–H and O–H groups in total. The van der Waals surface area contributed by atoms with Crippen LogP contribution in [0, 0.1) is 5.82 Å². The van der Waals surface area contributed by atoms with Gasteiger partial charge < -0.3 is 9.47 Å². The van der Waals surface area contributed by atoms with E-state index in [0.717, 1.165) is 6.07 Å². The molecule has 25 heavy (non-hydrogen) atoms. The Morgan fingerprint density at radius 3 is 2.72 bits per heavy atom. The second-order valence-electron chi connectivity index (χ2n) is 5.34. The molecule has 0 bridgehead atoms. The van der Waals surface area contributed by atoms with Crippen molar-refractivity contribution in [1.29, 1.82) is 0 Å². The van der Waals surface area contributed by atoms with E-state index in [4.69, 9.17) is 9.47 Å². The lowest BCUT2D eigenvalue weighted by atomic mass is 10.1. The standard InChI is InChI=1S/C17H17FN4O3/c1-4-22-10-13(16(20-22)11-8-19-21(2)9-11)17(23)25-12-5-6-15(24-3)14(18)7-12/h5-10H,4H2,1-3H3. The zero-order valence-corrected chi connectivity index (χ0v) is 14.1. The van der Waals surface area contributed by atoms with Crippen LogP contribution in [0.4, 0.5) is 4.39 Å². The van der Waals surface area contributed by atoms with E-state index in [1.807, 2.05) is 6.92 Å². The van der Waals surface area contributed by atoms with Gasteiger partial charge in [-0.25, -0.2) is 9.18 Å². The number of nitrogens with zero attached hydrogens (tertiary/aromatic N) is 4. The van der Waals surface area contributed by atoms with Gasteiger partial charge in [-0.15, -0.1) is 0 Å². The molecule has 8 heteroatoms. The summed E-state index contributed by atoms with van der Waals surface area (Å²) in [5.41, 5.74) is 1.45. The minimum absolute atomic E-state index is 0.0784. The summed E-state index contributed by atoms with van der Waals surface area (Å²) in [5, 5.41) is 8.48. The van der Waals surface area contributed by atoms with Gasteiger partial charge in [0.2, 0.25) is 0 Å². The Bertz CT molecular complexity index is 917. The Kier molecular flexibility index (Phi) is 4.51. The van der Waals surface area contributed by atoms with Gasteiger partial charge in [-0.2, -0.15) is 10.2 Å². The third-order valence-corrected chi connectivity index (χ3v) is 3.62. The maximum atomic E-state index is 13.8. The molecule has 0 aliphatic rings. The van der Waals surface area contributed by atoms with Gasteiger partial charge >= 0.3 is 5.97 Å². The number of esters is 1. The fraction of sp³-hybridized carbons (Fsp3) is 0.235. The number of ether oxygens (including phenoxy) is 2. The first-order valence-electron chi connectivity index (χ1n) is 7.64. The molecular weight excluding hydrogens is 327 g/mol. The minimum atomic E-state index is -0.622. The maximum absolute atomic E-state index is 13.8. The largest absolute Gasteiger partial charge is 0.494 e. The molecule has 130 valence electrons. The number of carbonyl (C=O) groups excluding carboxylic acids is 1. The van der Waals surface area contributed by atoms with Gasteiger partial charge in [0, 0.05) is 37.6 Å². The van der Waals surface area contributed by atoms with Gasteiger partial charge in [-0.3, -0.25) is 9.36 Å². The van der Waals surface area contributed by atoms with Gasteiger partial charge in [0.15, 0.2) is 11.6 Å². The van der Waals surface area contributed by atoms with Crippen molar-refractivity contribution in [3.8, 4) is 22.8 Å². The maximum Gasteiger partial charge on any atom is 0.347 e. The summed E-state index contributed by atoms with van der Waals surface area (Å²) in [6, 6.07) is 3.97. The van der Waals surface area contributed by atoms with E-state index < -0.39 is 11.8 Å². The smallest absolute Gasteiger partial charge is 0.347 e. The van der Waals surface area contributed by atoms with Crippen LogP contribution in [0.15, 0.2) is 36.8 Å². The van der Waals surface area contributed by atoms with Crippen molar-refractivity contribution in [2.24, 2.45) is 7.05 Å². The average molecular weight is 344 g/mol. The highest BCUT2D eigenvalue weighted by atomic mass is 19.1. The number of carbonyl (C=O) groups is 1. The molecule has 0 saturated carbocycles. The molecule has 0 fully saturated rings. The predicted octanol–water partition coefficient (Wildman–Crippen LogP) is 2.67. The van der Waals surface area contributed by atoms with E-state index in [2.05, 4.69) is 10.2 Å². The molecular formula is C17H17FN4O3. The molecule has 0 spiro atoms. The van der Waals surface area contributed by atoms with Crippen LogP contribution in [-0.2, 0) is 13.6 Å². The third-order valence-electron chi connectivity index (χ3n) is 3.62. The number of rotatable bonds is 5. The summed E-state index contributed by atoms with van der Waals surface area (Å²) in [4.78, 5) is 12.6. The number of benzene rings is 1. The quantitative estimate of drug-likeness (QED) is 0.526. The summed E-state index contributed by atoms with van der Waals surface area (Å²) in [5.74, 6) is -1.06. The average Bonchev–Trinajstić information content (AvgIpc) is 3.21. The van der Waals surface area contributed by atoms with Crippen molar-refractivity contribution >= 4 is 5.97 Å².